The van der Waals surface area contributed by atoms with E-state index in [4.69, 9.17) is 10.9 Å². The second-order valence-corrected chi connectivity index (χ2v) is 4.56. The number of anilines is 1. The van der Waals surface area contributed by atoms with E-state index in [-0.39, 0.29) is 11.7 Å². The summed E-state index contributed by atoms with van der Waals surface area (Å²) in [4.78, 5) is 0. The van der Waals surface area contributed by atoms with Gasteiger partial charge in [0.25, 0.3) is 0 Å². The Bertz CT molecular complexity index is 404. The molecule has 0 heterocycles. The Morgan fingerprint density at radius 3 is 2.82 bits per heavy atom. The van der Waals surface area contributed by atoms with Gasteiger partial charge in [-0.2, -0.15) is 0 Å². The molecule has 1 aromatic carbocycles. The van der Waals surface area contributed by atoms with Gasteiger partial charge in [-0.05, 0) is 24.6 Å². The summed E-state index contributed by atoms with van der Waals surface area (Å²) in [6.07, 6.45) is 0.680. The van der Waals surface area contributed by atoms with Gasteiger partial charge in [0, 0.05) is 17.6 Å². The fraction of sp³-hybridized carbons (Fsp3) is 0.417. The summed E-state index contributed by atoms with van der Waals surface area (Å²) in [5.41, 5.74) is 5.90. The molecule has 17 heavy (non-hydrogen) atoms. The van der Waals surface area contributed by atoms with Gasteiger partial charge in [0.2, 0.25) is 0 Å². The van der Waals surface area contributed by atoms with Gasteiger partial charge in [0.05, 0.1) is 0 Å². The number of rotatable bonds is 5. The van der Waals surface area contributed by atoms with Crippen molar-refractivity contribution in [2.45, 2.75) is 20.3 Å². The van der Waals surface area contributed by atoms with Crippen molar-refractivity contribution in [2.75, 3.05) is 11.9 Å². The number of nitrogens with two attached hydrogens (primary N) is 1. The van der Waals surface area contributed by atoms with Gasteiger partial charge in [-0.15, -0.1) is 0 Å². The Morgan fingerprint density at radius 2 is 2.24 bits per heavy atom. The molecular weight excluding hydrogens is 221 g/mol. The van der Waals surface area contributed by atoms with Crippen LogP contribution in [0.4, 0.5) is 10.1 Å². The first-order valence-electron chi connectivity index (χ1n) is 5.43. The van der Waals surface area contributed by atoms with Crippen molar-refractivity contribution in [3.8, 4) is 0 Å². The number of halogens is 1. The van der Waals surface area contributed by atoms with Crippen molar-refractivity contribution in [3.63, 3.8) is 0 Å². The van der Waals surface area contributed by atoms with Crippen molar-refractivity contribution in [2.24, 2.45) is 16.3 Å². The zero-order valence-corrected chi connectivity index (χ0v) is 10.1. The second kappa shape index (κ2) is 5.52. The highest BCUT2D eigenvalue weighted by Gasteiger charge is 2.22. The van der Waals surface area contributed by atoms with Gasteiger partial charge >= 0.3 is 0 Å². The lowest BCUT2D eigenvalue weighted by molar-refractivity contribution is 0.306. The molecule has 94 valence electrons. The molecule has 0 amide bonds. The molecule has 0 spiro atoms. The van der Waals surface area contributed by atoms with E-state index in [9.17, 15) is 4.39 Å². The summed E-state index contributed by atoms with van der Waals surface area (Å²) >= 11 is 0. The molecule has 4 nitrogen and oxygen atoms in total. The number of oxime groups is 1. The van der Waals surface area contributed by atoms with Crippen LogP contribution in [-0.2, 0) is 0 Å². The average Bonchev–Trinajstić information content (AvgIpc) is 2.27. The lowest BCUT2D eigenvalue weighted by Crippen LogP contribution is -2.33. The predicted octanol–water partition coefficient (Wildman–Crippen LogP) is 2.40. The number of nitrogens with zero attached hydrogens (tertiary/aromatic N) is 1. The summed E-state index contributed by atoms with van der Waals surface area (Å²) in [6, 6.07) is 6.26. The summed E-state index contributed by atoms with van der Waals surface area (Å²) in [7, 11) is 0. The molecule has 0 aromatic heterocycles. The van der Waals surface area contributed by atoms with Crippen molar-refractivity contribution in [1.29, 1.82) is 0 Å². The minimum atomic E-state index is -0.394. The predicted molar refractivity (Wildman–Crippen MR) is 66.7 cm³/mol. The maximum atomic E-state index is 12.9. The van der Waals surface area contributed by atoms with E-state index in [0.29, 0.717) is 13.0 Å². The minimum Gasteiger partial charge on any atom is -0.409 e. The average molecular weight is 239 g/mol. The fourth-order valence-electron chi connectivity index (χ4n) is 1.38. The molecule has 5 heteroatoms. The summed E-state index contributed by atoms with van der Waals surface area (Å²) in [6.45, 7) is 4.39. The van der Waals surface area contributed by atoms with E-state index in [0.717, 1.165) is 5.69 Å². The number of hydrogen-bond acceptors (Lipinski definition) is 3. The van der Waals surface area contributed by atoms with Crippen LogP contribution in [0.2, 0.25) is 0 Å². The Kier molecular flexibility index (Phi) is 4.31. The van der Waals surface area contributed by atoms with E-state index in [1.807, 2.05) is 13.8 Å². The highest BCUT2D eigenvalue weighted by atomic mass is 19.1. The van der Waals surface area contributed by atoms with Crippen LogP contribution in [0, 0.1) is 11.2 Å². The zero-order chi connectivity index (χ0) is 12.9. The first-order valence-corrected chi connectivity index (χ1v) is 5.43. The SMILES string of the molecule is CC(C)(CCNc1cccc(F)c1)C(N)=NO. The molecule has 0 fully saturated rings. The van der Waals surface area contributed by atoms with Crippen LogP contribution >= 0.6 is 0 Å². The van der Waals surface area contributed by atoms with E-state index in [1.165, 1.54) is 12.1 Å². The van der Waals surface area contributed by atoms with Crippen LogP contribution in [0.15, 0.2) is 29.4 Å². The Morgan fingerprint density at radius 1 is 1.53 bits per heavy atom. The maximum Gasteiger partial charge on any atom is 0.144 e. The quantitative estimate of drug-likeness (QED) is 0.320. The van der Waals surface area contributed by atoms with Crippen molar-refractivity contribution in [1.82, 2.24) is 0 Å². The third kappa shape index (κ3) is 3.94. The number of amidine groups is 1. The van der Waals surface area contributed by atoms with Crippen LogP contribution in [-0.4, -0.2) is 17.6 Å². The molecule has 1 rings (SSSR count). The molecule has 0 bridgehead atoms. The van der Waals surface area contributed by atoms with E-state index >= 15 is 0 Å². The Hall–Kier alpha value is -1.78. The summed E-state index contributed by atoms with van der Waals surface area (Å²) in [5.74, 6) is -0.0794. The molecule has 0 aliphatic rings. The van der Waals surface area contributed by atoms with Crippen LogP contribution in [0.25, 0.3) is 0 Å². The summed E-state index contributed by atoms with van der Waals surface area (Å²) < 4.78 is 12.9. The summed E-state index contributed by atoms with van der Waals surface area (Å²) in [5, 5.41) is 14.7. The number of hydrogen-bond donors (Lipinski definition) is 3. The van der Waals surface area contributed by atoms with E-state index in [2.05, 4.69) is 10.5 Å². The molecule has 0 unspecified atom stereocenters. The van der Waals surface area contributed by atoms with Crippen LogP contribution < -0.4 is 11.1 Å². The van der Waals surface area contributed by atoms with Gasteiger partial charge in [-0.1, -0.05) is 25.1 Å². The largest absolute Gasteiger partial charge is 0.409 e. The Balaban J connectivity index is 2.48. The molecule has 0 saturated heterocycles. The highest BCUT2D eigenvalue weighted by molar-refractivity contribution is 5.85. The molecule has 0 saturated carbocycles. The third-order valence-corrected chi connectivity index (χ3v) is 2.70. The first-order chi connectivity index (χ1) is 7.95. The Labute approximate surface area is 100 Å². The fourth-order valence-corrected chi connectivity index (χ4v) is 1.38. The maximum absolute atomic E-state index is 12.9. The van der Waals surface area contributed by atoms with Gasteiger partial charge in [-0.3, -0.25) is 0 Å². The molecule has 0 aliphatic heterocycles. The lowest BCUT2D eigenvalue weighted by Gasteiger charge is -2.23. The third-order valence-electron chi connectivity index (χ3n) is 2.70. The van der Waals surface area contributed by atoms with Crippen molar-refractivity contribution >= 4 is 11.5 Å². The van der Waals surface area contributed by atoms with E-state index in [1.54, 1.807) is 12.1 Å². The molecule has 0 atom stereocenters. The molecule has 4 N–H and O–H groups in total. The van der Waals surface area contributed by atoms with Crippen LogP contribution in [0.5, 0.6) is 0 Å². The van der Waals surface area contributed by atoms with Gasteiger partial charge < -0.3 is 16.3 Å². The molecule has 1 aromatic rings. The molecule has 0 aliphatic carbocycles. The van der Waals surface area contributed by atoms with Gasteiger partial charge in [0.1, 0.15) is 11.7 Å². The monoisotopic (exact) mass is 239 g/mol. The lowest BCUT2D eigenvalue weighted by atomic mass is 9.88. The van der Waals surface area contributed by atoms with E-state index < -0.39 is 5.41 Å². The standard InChI is InChI=1S/C12H18FN3O/c1-12(2,11(14)16-17)6-7-15-10-5-3-4-9(13)8-10/h3-5,8,15,17H,6-7H2,1-2H3,(H2,14,16). The smallest absolute Gasteiger partial charge is 0.144 e. The van der Waals surface area contributed by atoms with Gasteiger partial charge in [0.15, 0.2) is 0 Å². The normalized spacial score (nSPS) is 12.5. The number of benzene rings is 1. The van der Waals surface area contributed by atoms with Crippen molar-refractivity contribution < 1.29 is 9.60 Å². The molecule has 0 radical (unpaired) electrons. The highest BCUT2D eigenvalue weighted by Crippen LogP contribution is 2.20. The van der Waals surface area contributed by atoms with Crippen molar-refractivity contribution in [3.05, 3.63) is 30.1 Å². The van der Waals surface area contributed by atoms with Crippen LogP contribution in [0.1, 0.15) is 20.3 Å². The molecular formula is C12H18FN3O. The first kappa shape index (κ1) is 13.3. The topological polar surface area (TPSA) is 70.6 Å². The van der Waals surface area contributed by atoms with Gasteiger partial charge in [-0.25, -0.2) is 4.39 Å². The zero-order valence-electron chi connectivity index (χ0n) is 10.1. The second-order valence-electron chi connectivity index (χ2n) is 4.56. The minimum absolute atomic E-state index is 0.193. The van der Waals surface area contributed by atoms with Crippen LogP contribution in [0.3, 0.4) is 0 Å². The number of nitrogens with one attached hydrogen (secondary N) is 1.